The van der Waals surface area contributed by atoms with E-state index in [1.165, 1.54) is 0 Å². The largest absolute Gasteiger partial charge is 0.401 e. The second-order valence-corrected chi connectivity index (χ2v) is 5.70. The summed E-state index contributed by atoms with van der Waals surface area (Å²) in [5, 5.41) is 4.81. The molecule has 4 nitrogen and oxygen atoms in total. The van der Waals surface area contributed by atoms with Gasteiger partial charge in [0.1, 0.15) is 0 Å². The van der Waals surface area contributed by atoms with E-state index in [4.69, 9.17) is 4.74 Å². The van der Waals surface area contributed by atoms with Crippen LogP contribution in [0.2, 0.25) is 0 Å². The SMILES string of the molecule is CO[C@@]1(C)C[C@@H](NC(=O)CNCC(F)(F)F)C1(C)C. The van der Waals surface area contributed by atoms with E-state index in [0.29, 0.717) is 6.42 Å². The normalized spacial score (nSPS) is 29.7. The van der Waals surface area contributed by atoms with E-state index in [0.717, 1.165) is 0 Å². The van der Waals surface area contributed by atoms with Gasteiger partial charge in [0, 0.05) is 18.6 Å². The van der Waals surface area contributed by atoms with Gasteiger partial charge in [-0.25, -0.2) is 0 Å². The van der Waals surface area contributed by atoms with Crippen molar-refractivity contribution in [2.45, 2.75) is 45.0 Å². The van der Waals surface area contributed by atoms with Crippen molar-refractivity contribution in [2.75, 3.05) is 20.2 Å². The van der Waals surface area contributed by atoms with Gasteiger partial charge in [-0.15, -0.1) is 0 Å². The van der Waals surface area contributed by atoms with Crippen molar-refractivity contribution in [1.29, 1.82) is 0 Å². The third-order valence-electron chi connectivity index (χ3n) is 4.22. The number of amides is 1. The lowest BCUT2D eigenvalue weighted by Crippen LogP contribution is -2.69. The lowest BCUT2D eigenvalue weighted by atomic mass is 9.56. The number of hydrogen-bond acceptors (Lipinski definition) is 3. The van der Waals surface area contributed by atoms with Gasteiger partial charge in [0.05, 0.1) is 18.7 Å². The van der Waals surface area contributed by atoms with Gasteiger partial charge in [-0.3, -0.25) is 4.79 Å². The van der Waals surface area contributed by atoms with Crippen molar-refractivity contribution in [3.8, 4) is 0 Å². The summed E-state index contributed by atoms with van der Waals surface area (Å²) in [7, 11) is 1.62. The summed E-state index contributed by atoms with van der Waals surface area (Å²) < 4.78 is 41.1. The van der Waals surface area contributed by atoms with Gasteiger partial charge in [-0.1, -0.05) is 13.8 Å². The first kappa shape index (κ1) is 16.2. The first-order valence-corrected chi connectivity index (χ1v) is 6.14. The fourth-order valence-electron chi connectivity index (χ4n) is 2.29. The summed E-state index contributed by atoms with van der Waals surface area (Å²) in [6, 6.07) is -0.0855. The fourth-order valence-corrected chi connectivity index (χ4v) is 2.29. The van der Waals surface area contributed by atoms with E-state index in [1.54, 1.807) is 7.11 Å². The smallest absolute Gasteiger partial charge is 0.378 e. The van der Waals surface area contributed by atoms with Gasteiger partial charge in [0.2, 0.25) is 5.91 Å². The maximum absolute atomic E-state index is 11.9. The highest BCUT2D eigenvalue weighted by Crippen LogP contribution is 2.51. The molecule has 0 saturated heterocycles. The van der Waals surface area contributed by atoms with Crippen molar-refractivity contribution in [3.05, 3.63) is 0 Å². The first-order valence-electron chi connectivity index (χ1n) is 6.14. The summed E-state index contributed by atoms with van der Waals surface area (Å²) in [6.45, 7) is 4.39. The Balaban J connectivity index is 2.36. The maximum atomic E-state index is 11.9. The molecule has 2 N–H and O–H groups in total. The predicted molar refractivity (Wildman–Crippen MR) is 64.7 cm³/mol. The molecule has 112 valence electrons. The van der Waals surface area contributed by atoms with Crippen molar-refractivity contribution in [1.82, 2.24) is 10.6 Å². The number of carbonyl (C=O) groups excluding carboxylic acids is 1. The number of nitrogens with one attached hydrogen (secondary N) is 2. The quantitative estimate of drug-likeness (QED) is 0.802. The van der Waals surface area contributed by atoms with Gasteiger partial charge in [0.25, 0.3) is 0 Å². The van der Waals surface area contributed by atoms with Crippen LogP contribution < -0.4 is 10.6 Å². The number of rotatable bonds is 5. The third kappa shape index (κ3) is 3.60. The lowest BCUT2D eigenvalue weighted by molar-refractivity contribution is -0.182. The maximum Gasteiger partial charge on any atom is 0.401 e. The summed E-state index contributed by atoms with van der Waals surface area (Å²) in [6.07, 6.45) is -3.65. The minimum absolute atomic E-state index is 0.0855. The van der Waals surface area contributed by atoms with Crippen LogP contribution in [0.5, 0.6) is 0 Å². The van der Waals surface area contributed by atoms with Gasteiger partial charge in [-0.2, -0.15) is 13.2 Å². The molecule has 19 heavy (non-hydrogen) atoms. The Morgan fingerprint density at radius 2 is 1.95 bits per heavy atom. The number of ether oxygens (including phenoxy) is 1. The zero-order chi connectivity index (χ0) is 14.9. The van der Waals surface area contributed by atoms with Crippen LogP contribution in [0.4, 0.5) is 13.2 Å². The highest BCUT2D eigenvalue weighted by Gasteiger charge is 2.58. The molecule has 1 saturated carbocycles. The van der Waals surface area contributed by atoms with Gasteiger partial charge in [0.15, 0.2) is 0 Å². The van der Waals surface area contributed by atoms with Crippen LogP contribution in [0, 0.1) is 5.41 Å². The average Bonchev–Trinajstić information content (AvgIpc) is 2.26. The molecule has 1 rings (SSSR count). The molecule has 0 radical (unpaired) electrons. The molecule has 0 aliphatic heterocycles. The van der Waals surface area contributed by atoms with Crippen molar-refractivity contribution in [3.63, 3.8) is 0 Å². The van der Waals surface area contributed by atoms with E-state index in [2.05, 4.69) is 10.6 Å². The number of halogens is 3. The van der Waals surface area contributed by atoms with Gasteiger partial charge in [-0.05, 0) is 13.3 Å². The zero-order valence-corrected chi connectivity index (χ0v) is 11.6. The number of methoxy groups -OCH3 is 1. The minimum atomic E-state index is -4.30. The molecule has 0 heterocycles. The lowest BCUT2D eigenvalue weighted by Gasteiger charge is -2.59. The highest BCUT2D eigenvalue weighted by atomic mass is 19.4. The summed E-state index contributed by atoms with van der Waals surface area (Å²) in [5.41, 5.74) is -0.564. The minimum Gasteiger partial charge on any atom is -0.378 e. The monoisotopic (exact) mass is 282 g/mol. The zero-order valence-electron chi connectivity index (χ0n) is 11.6. The second-order valence-electron chi connectivity index (χ2n) is 5.70. The number of alkyl halides is 3. The summed E-state index contributed by atoms with van der Waals surface area (Å²) in [5.74, 6) is -0.430. The van der Waals surface area contributed by atoms with Crippen LogP contribution in [-0.2, 0) is 9.53 Å². The molecule has 7 heteroatoms. The molecule has 1 aliphatic rings. The fraction of sp³-hybridized carbons (Fsp3) is 0.917. The Morgan fingerprint density at radius 1 is 1.37 bits per heavy atom. The van der Waals surface area contributed by atoms with Crippen LogP contribution in [-0.4, -0.2) is 43.9 Å². The molecule has 1 fully saturated rings. The van der Waals surface area contributed by atoms with Crippen LogP contribution in [0.25, 0.3) is 0 Å². The Bertz CT molecular complexity index is 344. The molecule has 1 aliphatic carbocycles. The topological polar surface area (TPSA) is 50.4 Å². The summed E-state index contributed by atoms with van der Waals surface area (Å²) >= 11 is 0. The number of hydrogen-bond donors (Lipinski definition) is 2. The first-order chi connectivity index (χ1) is 8.52. The summed E-state index contributed by atoms with van der Waals surface area (Å²) in [4.78, 5) is 11.5. The molecule has 1 amide bonds. The standard InChI is InChI=1S/C12H21F3N2O2/c1-10(2)8(5-11(10,3)19-4)17-9(18)6-16-7-12(13,14)15/h8,16H,5-7H2,1-4H3,(H,17,18)/t8-,11+/m1/s1. The van der Waals surface area contributed by atoms with Crippen molar-refractivity contribution >= 4 is 5.91 Å². The van der Waals surface area contributed by atoms with Crippen molar-refractivity contribution in [2.24, 2.45) is 5.41 Å². The molecular formula is C12H21F3N2O2. The van der Waals surface area contributed by atoms with E-state index < -0.39 is 18.6 Å². The molecule has 0 unspecified atom stereocenters. The average molecular weight is 282 g/mol. The molecular weight excluding hydrogens is 261 g/mol. The molecule has 0 aromatic rings. The molecule has 0 spiro atoms. The molecule has 0 aromatic heterocycles. The van der Waals surface area contributed by atoms with E-state index >= 15 is 0 Å². The van der Waals surface area contributed by atoms with E-state index in [9.17, 15) is 18.0 Å². The molecule has 0 bridgehead atoms. The number of carbonyl (C=O) groups is 1. The second kappa shape index (κ2) is 5.28. The predicted octanol–water partition coefficient (Wildman–Crippen LogP) is 1.46. The van der Waals surface area contributed by atoms with Crippen LogP contribution in [0.15, 0.2) is 0 Å². The van der Waals surface area contributed by atoms with Gasteiger partial charge < -0.3 is 15.4 Å². The van der Waals surface area contributed by atoms with Crippen LogP contribution in [0.1, 0.15) is 27.2 Å². The molecule has 0 aromatic carbocycles. The van der Waals surface area contributed by atoms with Crippen LogP contribution in [0.3, 0.4) is 0 Å². The Labute approximate surface area is 111 Å². The highest BCUT2D eigenvalue weighted by molar-refractivity contribution is 5.78. The Morgan fingerprint density at radius 3 is 2.37 bits per heavy atom. The van der Waals surface area contributed by atoms with E-state index in [-0.39, 0.29) is 23.6 Å². The van der Waals surface area contributed by atoms with Crippen molar-refractivity contribution < 1.29 is 22.7 Å². The van der Waals surface area contributed by atoms with E-state index in [1.807, 2.05) is 20.8 Å². The Hall–Kier alpha value is -0.820. The Kier molecular flexibility index (Phi) is 4.51. The van der Waals surface area contributed by atoms with Crippen LogP contribution >= 0.6 is 0 Å². The third-order valence-corrected chi connectivity index (χ3v) is 4.22. The van der Waals surface area contributed by atoms with Gasteiger partial charge >= 0.3 is 6.18 Å². The molecule has 2 atom stereocenters.